The molecule has 0 spiro atoms. The van der Waals surface area contributed by atoms with Crippen molar-refractivity contribution in [2.24, 2.45) is 5.73 Å². The van der Waals surface area contributed by atoms with Crippen molar-refractivity contribution in [2.45, 2.75) is 32.2 Å². The first-order valence-electron chi connectivity index (χ1n) is 7.21. The van der Waals surface area contributed by atoms with Gasteiger partial charge in [0, 0.05) is 6.04 Å². The quantitative estimate of drug-likeness (QED) is 0.863. The lowest BCUT2D eigenvalue weighted by atomic mass is 9.97. The molecule has 2 aromatic carbocycles. The van der Waals surface area contributed by atoms with Gasteiger partial charge in [-0.2, -0.15) is 0 Å². The summed E-state index contributed by atoms with van der Waals surface area (Å²) < 4.78 is 5.38. The first-order valence-corrected chi connectivity index (χ1v) is 7.21. The smallest absolute Gasteiger partial charge is 0.122 e. The number of ether oxygens (including phenoxy) is 1. The summed E-state index contributed by atoms with van der Waals surface area (Å²) in [5, 5.41) is 0. The molecule has 0 saturated carbocycles. The molecule has 1 unspecified atom stereocenters. The molecular formula is C18H23NO. The minimum atomic E-state index is 0.00183. The lowest BCUT2D eigenvalue weighted by Gasteiger charge is -2.15. The van der Waals surface area contributed by atoms with Crippen LogP contribution in [0, 0.1) is 0 Å². The first-order chi connectivity index (χ1) is 9.74. The number of aryl methyl sites for hydroxylation is 1. The predicted molar refractivity (Wildman–Crippen MR) is 84.1 cm³/mol. The van der Waals surface area contributed by atoms with Crippen LogP contribution in [0.1, 0.15) is 36.1 Å². The molecule has 2 nitrogen and oxygen atoms in total. The summed E-state index contributed by atoms with van der Waals surface area (Å²) in [7, 11) is 1.70. The van der Waals surface area contributed by atoms with Gasteiger partial charge in [0.15, 0.2) is 0 Å². The highest BCUT2D eigenvalue weighted by Gasteiger charge is 2.10. The second kappa shape index (κ2) is 7.11. The Morgan fingerprint density at radius 1 is 1.05 bits per heavy atom. The molecule has 106 valence electrons. The average Bonchev–Trinajstić information content (AvgIpc) is 2.49. The van der Waals surface area contributed by atoms with Crippen LogP contribution < -0.4 is 10.5 Å². The molecule has 20 heavy (non-hydrogen) atoms. The first kappa shape index (κ1) is 14.6. The van der Waals surface area contributed by atoms with Gasteiger partial charge in [-0.25, -0.2) is 0 Å². The van der Waals surface area contributed by atoms with Crippen molar-refractivity contribution >= 4 is 0 Å². The van der Waals surface area contributed by atoms with Gasteiger partial charge in [0.25, 0.3) is 0 Å². The monoisotopic (exact) mass is 269 g/mol. The van der Waals surface area contributed by atoms with Crippen LogP contribution in [0.15, 0.2) is 48.5 Å². The lowest BCUT2D eigenvalue weighted by molar-refractivity contribution is 0.408. The van der Waals surface area contributed by atoms with Gasteiger partial charge in [0.2, 0.25) is 0 Å². The van der Waals surface area contributed by atoms with E-state index in [1.54, 1.807) is 7.11 Å². The van der Waals surface area contributed by atoms with Crippen molar-refractivity contribution < 1.29 is 4.74 Å². The van der Waals surface area contributed by atoms with E-state index < -0.39 is 0 Å². The van der Waals surface area contributed by atoms with Gasteiger partial charge in [-0.1, -0.05) is 55.8 Å². The minimum absolute atomic E-state index is 0.00183. The molecule has 2 aromatic rings. The zero-order chi connectivity index (χ0) is 14.4. The number of hydrogen-bond donors (Lipinski definition) is 1. The van der Waals surface area contributed by atoms with Crippen molar-refractivity contribution in [1.82, 2.24) is 0 Å². The van der Waals surface area contributed by atoms with Gasteiger partial charge in [0.1, 0.15) is 5.75 Å². The van der Waals surface area contributed by atoms with E-state index in [0.717, 1.165) is 24.2 Å². The van der Waals surface area contributed by atoms with E-state index in [4.69, 9.17) is 10.5 Å². The van der Waals surface area contributed by atoms with Gasteiger partial charge in [-0.05, 0) is 35.6 Å². The molecule has 0 aliphatic rings. The molecule has 1 atom stereocenters. The largest absolute Gasteiger partial charge is 0.496 e. The standard InChI is InChI=1S/C18H23NO/c1-3-6-14-9-11-15(12-10-14)17(19)13-16-7-4-5-8-18(16)20-2/h4-5,7-12,17H,3,6,13,19H2,1-2H3. The van der Waals surface area contributed by atoms with Gasteiger partial charge in [-0.15, -0.1) is 0 Å². The summed E-state index contributed by atoms with van der Waals surface area (Å²) in [6.45, 7) is 2.20. The summed E-state index contributed by atoms with van der Waals surface area (Å²) in [4.78, 5) is 0. The van der Waals surface area contributed by atoms with Gasteiger partial charge < -0.3 is 10.5 Å². The third-order valence-electron chi connectivity index (χ3n) is 3.58. The zero-order valence-corrected chi connectivity index (χ0v) is 12.3. The Morgan fingerprint density at radius 2 is 1.75 bits per heavy atom. The van der Waals surface area contributed by atoms with E-state index in [9.17, 15) is 0 Å². The van der Waals surface area contributed by atoms with Crippen LogP contribution >= 0.6 is 0 Å². The fraction of sp³-hybridized carbons (Fsp3) is 0.333. The molecule has 0 aromatic heterocycles. The fourth-order valence-electron chi connectivity index (χ4n) is 2.45. The maximum Gasteiger partial charge on any atom is 0.122 e. The summed E-state index contributed by atoms with van der Waals surface area (Å²) >= 11 is 0. The molecule has 0 amide bonds. The van der Waals surface area contributed by atoms with E-state index in [0.29, 0.717) is 0 Å². The summed E-state index contributed by atoms with van der Waals surface area (Å²) in [5.41, 5.74) is 10.0. The third-order valence-corrected chi connectivity index (χ3v) is 3.58. The molecule has 2 N–H and O–H groups in total. The predicted octanol–water partition coefficient (Wildman–Crippen LogP) is 3.89. The van der Waals surface area contributed by atoms with Gasteiger partial charge >= 0.3 is 0 Å². The van der Waals surface area contributed by atoms with Crippen LogP contribution in [0.2, 0.25) is 0 Å². The van der Waals surface area contributed by atoms with Crippen molar-refractivity contribution in [2.75, 3.05) is 7.11 Å². The second-order valence-electron chi connectivity index (χ2n) is 5.11. The summed E-state index contributed by atoms with van der Waals surface area (Å²) in [5.74, 6) is 0.908. The van der Waals surface area contributed by atoms with Gasteiger partial charge in [-0.3, -0.25) is 0 Å². The van der Waals surface area contributed by atoms with E-state index in [1.165, 1.54) is 17.5 Å². The molecular weight excluding hydrogens is 246 g/mol. The minimum Gasteiger partial charge on any atom is -0.496 e. The van der Waals surface area contributed by atoms with Crippen LogP contribution in [0.25, 0.3) is 0 Å². The second-order valence-corrected chi connectivity index (χ2v) is 5.11. The molecule has 0 bridgehead atoms. The molecule has 0 saturated heterocycles. The molecule has 0 heterocycles. The highest BCUT2D eigenvalue weighted by atomic mass is 16.5. The molecule has 2 rings (SSSR count). The average molecular weight is 269 g/mol. The Hall–Kier alpha value is -1.80. The van der Waals surface area contributed by atoms with Crippen molar-refractivity contribution in [1.29, 1.82) is 0 Å². The third kappa shape index (κ3) is 3.61. The van der Waals surface area contributed by atoms with Gasteiger partial charge in [0.05, 0.1) is 7.11 Å². The maximum atomic E-state index is 6.32. The molecule has 0 radical (unpaired) electrons. The molecule has 0 fully saturated rings. The van der Waals surface area contributed by atoms with E-state index >= 15 is 0 Å². The van der Waals surface area contributed by atoms with Crippen molar-refractivity contribution in [3.63, 3.8) is 0 Å². The Kier molecular flexibility index (Phi) is 5.19. The maximum absolute atomic E-state index is 6.32. The number of para-hydroxylation sites is 1. The molecule has 2 heteroatoms. The summed E-state index contributed by atoms with van der Waals surface area (Å²) in [6.07, 6.45) is 3.09. The highest BCUT2D eigenvalue weighted by molar-refractivity contribution is 5.35. The summed E-state index contributed by atoms with van der Waals surface area (Å²) in [6, 6.07) is 16.7. The number of methoxy groups -OCH3 is 1. The SMILES string of the molecule is CCCc1ccc(C(N)Cc2ccccc2OC)cc1. The normalized spacial score (nSPS) is 12.2. The van der Waals surface area contributed by atoms with Crippen LogP contribution in [-0.4, -0.2) is 7.11 Å². The topological polar surface area (TPSA) is 35.2 Å². The number of rotatable bonds is 6. The van der Waals surface area contributed by atoms with E-state index in [-0.39, 0.29) is 6.04 Å². The van der Waals surface area contributed by atoms with E-state index in [1.807, 2.05) is 18.2 Å². The van der Waals surface area contributed by atoms with Crippen molar-refractivity contribution in [3.8, 4) is 5.75 Å². The number of benzene rings is 2. The lowest BCUT2D eigenvalue weighted by Crippen LogP contribution is -2.13. The van der Waals surface area contributed by atoms with Crippen LogP contribution in [0.4, 0.5) is 0 Å². The number of hydrogen-bond acceptors (Lipinski definition) is 2. The van der Waals surface area contributed by atoms with Crippen molar-refractivity contribution in [3.05, 3.63) is 65.2 Å². The van der Waals surface area contributed by atoms with Crippen LogP contribution in [-0.2, 0) is 12.8 Å². The van der Waals surface area contributed by atoms with Crippen LogP contribution in [0.5, 0.6) is 5.75 Å². The Morgan fingerprint density at radius 3 is 2.40 bits per heavy atom. The fourth-order valence-corrected chi connectivity index (χ4v) is 2.45. The van der Waals surface area contributed by atoms with Crippen LogP contribution in [0.3, 0.4) is 0 Å². The molecule has 0 aliphatic carbocycles. The van der Waals surface area contributed by atoms with E-state index in [2.05, 4.69) is 37.3 Å². The number of nitrogens with two attached hydrogens (primary N) is 1. The molecule has 0 aliphatic heterocycles. The Labute approximate surface area is 121 Å². The Bertz CT molecular complexity index is 533. The zero-order valence-electron chi connectivity index (χ0n) is 12.3. The Balaban J connectivity index is 2.09. The highest BCUT2D eigenvalue weighted by Crippen LogP contribution is 2.23.